The molecule has 4 heteroatoms. The molecular formula is C15H16N4. The number of hydrogen-bond acceptors (Lipinski definition) is 3. The van der Waals surface area contributed by atoms with Crippen molar-refractivity contribution in [1.29, 1.82) is 0 Å². The van der Waals surface area contributed by atoms with Crippen molar-refractivity contribution in [1.82, 2.24) is 14.6 Å². The van der Waals surface area contributed by atoms with Crippen molar-refractivity contribution in [2.24, 2.45) is 0 Å². The lowest BCUT2D eigenvalue weighted by atomic mass is 10.1. The van der Waals surface area contributed by atoms with Crippen LogP contribution >= 0.6 is 0 Å². The highest BCUT2D eigenvalue weighted by atomic mass is 15.3. The van der Waals surface area contributed by atoms with Crippen molar-refractivity contribution < 1.29 is 0 Å². The van der Waals surface area contributed by atoms with Gasteiger partial charge in [-0.1, -0.05) is 30.3 Å². The molecule has 0 aliphatic carbocycles. The van der Waals surface area contributed by atoms with E-state index >= 15 is 0 Å². The number of nitrogens with two attached hydrogens (primary N) is 1. The standard InChI is InChI=1S/C15H16N4/c1-11-13(16)8-10-15-17-14(18-19(11)15)9-7-12-5-3-2-4-6-12/h2-6,8,10H,7,9,16H2,1H3. The Balaban J connectivity index is 1.84. The fraction of sp³-hybridized carbons (Fsp3) is 0.200. The molecule has 0 atom stereocenters. The maximum atomic E-state index is 5.87. The Morgan fingerprint density at radius 1 is 1.05 bits per heavy atom. The number of nitrogen functional groups attached to an aromatic ring is 1. The summed E-state index contributed by atoms with van der Waals surface area (Å²) in [6.45, 7) is 1.96. The first-order valence-corrected chi connectivity index (χ1v) is 6.39. The van der Waals surface area contributed by atoms with Gasteiger partial charge in [0.2, 0.25) is 0 Å². The van der Waals surface area contributed by atoms with E-state index in [0.29, 0.717) is 0 Å². The van der Waals surface area contributed by atoms with Crippen LogP contribution in [-0.2, 0) is 12.8 Å². The van der Waals surface area contributed by atoms with E-state index in [1.807, 2.05) is 29.6 Å². The van der Waals surface area contributed by atoms with Crippen molar-refractivity contribution in [2.75, 3.05) is 5.73 Å². The van der Waals surface area contributed by atoms with Gasteiger partial charge in [-0.3, -0.25) is 0 Å². The van der Waals surface area contributed by atoms with Crippen molar-refractivity contribution in [3.63, 3.8) is 0 Å². The molecule has 0 fully saturated rings. The molecule has 0 amide bonds. The lowest BCUT2D eigenvalue weighted by molar-refractivity contribution is 0.824. The minimum Gasteiger partial charge on any atom is -0.397 e. The molecule has 19 heavy (non-hydrogen) atoms. The Kier molecular flexibility index (Phi) is 2.91. The number of benzene rings is 1. The molecular weight excluding hydrogens is 236 g/mol. The van der Waals surface area contributed by atoms with Gasteiger partial charge in [0.1, 0.15) is 0 Å². The molecule has 2 N–H and O–H groups in total. The molecule has 0 spiro atoms. The smallest absolute Gasteiger partial charge is 0.156 e. The number of fused-ring (bicyclic) bond motifs is 1. The second-order valence-electron chi connectivity index (χ2n) is 4.66. The normalized spacial score (nSPS) is 11.0. The first-order chi connectivity index (χ1) is 9.24. The largest absolute Gasteiger partial charge is 0.397 e. The Bertz CT molecular complexity index is 701. The van der Waals surface area contributed by atoms with E-state index in [1.54, 1.807) is 0 Å². The van der Waals surface area contributed by atoms with Crippen LogP contribution in [0.15, 0.2) is 42.5 Å². The van der Waals surface area contributed by atoms with Crippen LogP contribution in [0.2, 0.25) is 0 Å². The van der Waals surface area contributed by atoms with E-state index in [4.69, 9.17) is 5.73 Å². The van der Waals surface area contributed by atoms with Crippen molar-refractivity contribution in [3.8, 4) is 0 Å². The molecule has 0 unspecified atom stereocenters. The summed E-state index contributed by atoms with van der Waals surface area (Å²) in [6, 6.07) is 14.2. The van der Waals surface area contributed by atoms with Crippen LogP contribution in [0.3, 0.4) is 0 Å². The van der Waals surface area contributed by atoms with Gasteiger partial charge in [-0.15, -0.1) is 0 Å². The van der Waals surface area contributed by atoms with Crippen molar-refractivity contribution in [3.05, 3.63) is 59.5 Å². The number of aromatic nitrogens is 3. The molecule has 0 aliphatic heterocycles. The van der Waals surface area contributed by atoms with Crippen LogP contribution in [0.4, 0.5) is 5.69 Å². The Labute approximate surface area is 111 Å². The second-order valence-corrected chi connectivity index (χ2v) is 4.66. The second kappa shape index (κ2) is 4.72. The Morgan fingerprint density at radius 2 is 1.84 bits per heavy atom. The quantitative estimate of drug-likeness (QED) is 0.778. The number of aryl methyl sites for hydroxylation is 3. The van der Waals surface area contributed by atoms with Crippen LogP contribution in [0, 0.1) is 6.92 Å². The summed E-state index contributed by atoms with van der Waals surface area (Å²) < 4.78 is 1.82. The molecule has 1 aromatic carbocycles. The van der Waals surface area contributed by atoms with Gasteiger partial charge in [0.05, 0.1) is 11.4 Å². The summed E-state index contributed by atoms with van der Waals surface area (Å²) in [7, 11) is 0. The van der Waals surface area contributed by atoms with Gasteiger partial charge in [0.15, 0.2) is 11.5 Å². The number of rotatable bonds is 3. The highest BCUT2D eigenvalue weighted by molar-refractivity contribution is 5.51. The number of pyridine rings is 1. The SMILES string of the molecule is Cc1c(N)ccc2nc(CCc3ccccc3)nn12. The van der Waals surface area contributed by atoms with Gasteiger partial charge in [0.25, 0.3) is 0 Å². The topological polar surface area (TPSA) is 56.2 Å². The van der Waals surface area contributed by atoms with Crippen LogP contribution < -0.4 is 5.73 Å². The fourth-order valence-electron chi connectivity index (χ4n) is 2.14. The molecule has 3 rings (SSSR count). The summed E-state index contributed by atoms with van der Waals surface area (Å²) in [5.41, 5.74) is 9.71. The van der Waals surface area contributed by atoms with Gasteiger partial charge in [-0.05, 0) is 31.0 Å². The lowest BCUT2D eigenvalue weighted by Crippen LogP contribution is -1.99. The summed E-state index contributed by atoms with van der Waals surface area (Å²) in [5.74, 6) is 0.859. The number of hydrogen-bond donors (Lipinski definition) is 1. The third-order valence-corrected chi connectivity index (χ3v) is 3.30. The van der Waals surface area contributed by atoms with E-state index in [2.05, 4.69) is 34.3 Å². The maximum absolute atomic E-state index is 5.87. The van der Waals surface area contributed by atoms with Gasteiger partial charge >= 0.3 is 0 Å². The lowest BCUT2D eigenvalue weighted by Gasteiger charge is -2.00. The van der Waals surface area contributed by atoms with E-state index < -0.39 is 0 Å². The molecule has 0 bridgehead atoms. The highest BCUT2D eigenvalue weighted by Gasteiger charge is 2.07. The highest BCUT2D eigenvalue weighted by Crippen LogP contribution is 2.13. The maximum Gasteiger partial charge on any atom is 0.156 e. The molecule has 2 heterocycles. The van der Waals surface area contributed by atoms with Crippen molar-refractivity contribution in [2.45, 2.75) is 19.8 Å². The van der Waals surface area contributed by atoms with E-state index in [0.717, 1.165) is 35.7 Å². The Hall–Kier alpha value is -2.36. The monoisotopic (exact) mass is 252 g/mol. The molecule has 0 saturated heterocycles. The van der Waals surface area contributed by atoms with E-state index in [-0.39, 0.29) is 0 Å². The first kappa shape index (κ1) is 11.7. The van der Waals surface area contributed by atoms with Gasteiger partial charge in [0, 0.05) is 6.42 Å². The van der Waals surface area contributed by atoms with Crippen LogP contribution in [0.5, 0.6) is 0 Å². The summed E-state index contributed by atoms with van der Waals surface area (Å²) >= 11 is 0. The molecule has 4 nitrogen and oxygen atoms in total. The number of anilines is 1. The zero-order valence-corrected chi connectivity index (χ0v) is 10.9. The molecule has 3 aromatic rings. The number of nitrogens with zero attached hydrogens (tertiary/aromatic N) is 3. The van der Waals surface area contributed by atoms with Gasteiger partial charge in [-0.2, -0.15) is 5.10 Å². The first-order valence-electron chi connectivity index (χ1n) is 6.39. The minimum atomic E-state index is 0.743. The predicted octanol–water partition coefficient (Wildman–Crippen LogP) is 2.41. The van der Waals surface area contributed by atoms with Crippen LogP contribution in [0.25, 0.3) is 5.65 Å². The molecule has 96 valence electrons. The minimum absolute atomic E-state index is 0.743. The zero-order chi connectivity index (χ0) is 13.2. The summed E-state index contributed by atoms with van der Waals surface area (Å²) in [4.78, 5) is 4.53. The third kappa shape index (κ3) is 2.29. The Morgan fingerprint density at radius 3 is 2.63 bits per heavy atom. The molecule has 0 saturated carbocycles. The molecule has 2 aromatic heterocycles. The third-order valence-electron chi connectivity index (χ3n) is 3.30. The van der Waals surface area contributed by atoms with Gasteiger partial charge in [-0.25, -0.2) is 9.50 Å². The van der Waals surface area contributed by atoms with E-state index in [9.17, 15) is 0 Å². The van der Waals surface area contributed by atoms with E-state index in [1.165, 1.54) is 5.56 Å². The molecule has 0 radical (unpaired) electrons. The van der Waals surface area contributed by atoms with Crippen LogP contribution in [-0.4, -0.2) is 14.6 Å². The van der Waals surface area contributed by atoms with Crippen molar-refractivity contribution >= 4 is 11.3 Å². The average Bonchev–Trinajstić information content (AvgIpc) is 2.86. The fourth-order valence-corrected chi connectivity index (χ4v) is 2.14. The van der Waals surface area contributed by atoms with Gasteiger partial charge < -0.3 is 5.73 Å². The summed E-state index contributed by atoms with van der Waals surface area (Å²) in [5, 5.41) is 4.51. The molecule has 0 aliphatic rings. The average molecular weight is 252 g/mol. The predicted molar refractivity (Wildman–Crippen MR) is 76.0 cm³/mol. The van der Waals surface area contributed by atoms with Crippen LogP contribution in [0.1, 0.15) is 17.1 Å². The summed E-state index contributed by atoms with van der Waals surface area (Å²) in [6.07, 6.45) is 1.79. The zero-order valence-electron chi connectivity index (χ0n) is 10.9.